The Morgan fingerprint density at radius 1 is 0.678 bits per heavy atom. The first-order valence-corrected chi connectivity index (χ1v) is 26.4. The molecule has 0 aliphatic heterocycles. The van der Waals surface area contributed by atoms with E-state index < -0.39 is 0 Å². The average molecular weight is 824 g/mol. The molecule has 5 heteroatoms. The quantitative estimate of drug-likeness (QED) is 0.0416. The third-order valence-corrected chi connectivity index (χ3v) is 16.9. The van der Waals surface area contributed by atoms with Gasteiger partial charge < -0.3 is 14.8 Å². The van der Waals surface area contributed by atoms with Crippen LogP contribution in [0.4, 0.5) is 0 Å². The lowest BCUT2D eigenvalue weighted by molar-refractivity contribution is -0.152. The number of fused-ring (bicyclic) bond motifs is 5. The molecule has 0 aromatic heterocycles. The van der Waals surface area contributed by atoms with E-state index in [2.05, 4.69) is 53.1 Å². The van der Waals surface area contributed by atoms with Gasteiger partial charge >= 0.3 is 11.9 Å². The Balaban J connectivity index is 1.06. The average Bonchev–Trinajstić information content (AvgIpc) is 3.53. The summed E-state index contributed by atoms with van der Waals surface area (Å²) in [7, 11) is 2.06. The highest BCUT2D eigenvalue weighted by molar-refractivity contribution is 5.69. The van der Waals surface area contributed by atoms with E-state index in [0.717, 1.165) is 87.5 Å². The Labute approximate surface area is 365 Å². The second kappa shape index (κ2) is 27.6. The molecule has 0 radical (unpaired) electrons. The van der Waals surface area contributed by atoms with Crippen LogP contribution in [-0.2, 0) is 19.1 Å². The fraction of sp³-hybridized carbons (Fsp3) is 0.926. The number of nitrogens with one attached hydrogen (secondary N) is 1. The van der Waals surface area contributed by atoms with Crippen LogP contribution < -0.4 is 5.32 Å². The van der Waals surface area contributed by atoms with E-state index in [0.29, 0.717) is 23.7 Å². The van der Waals surface area contributed by atoms with Crippen LogP contribution >= 0.6 is 0 Å². The third-order valence-electron chi connectivity index (χ3n) is 16.9. The van der Waals surface area contributed by atoms with Gasteiger partial charge in [-0.25, -0.2) is 0 Å². The van der Waals surface area contributed by atoms with E-state index in [1.54, 1.807) is 5.57 Å². The van der Waals surface area contributed by atoms with Gasteiger partial charge in [-0.3, -0.25) is 9.59 Å². The van der Waals surface area contributed by atoms with Crippen molar-refractivity contribution in [2.24, 2.45) is 40.4 Å². The summed E-state index contributed by atoms with van der Waals surface area (Å²) in [5.41, 5.74) is 2.50. The van der Waals surface area contributed by atoms with Crippen molar-refractivity contribution in [3.8, 4) is 0 Å². The molecule has 5 nitrogen and oxygen atoms in total. The molecule has 4 rings (SSSR count). The minimum absolute atomic E-state index is 0.0306. The Bertz CT molecular complexity index is 1180. The number of hydrogen-bond donors (Lipinski definition) is 1. The zero-order valence-electron chi connectivity index (χ0n) is 40.0. The summed E-state index contributed by atoms with van der Waals surface area (Å²) in [6.07, 6.45) is 43.2. The third kappa shape index (κ3) is 16.4. The Morgan fingerprint density at radius 3 is 1.90 bits per heavy atom. The van der Waals surface area contributed by atoms with Crippen LogP contribution in [0.2, 0.25) is 0 Å². The number of esters is 2. The summed E-state index contributed by atoms with van der Waals surface area (Å²) in [6.45, 7) is 13.3. The highest BCUT2D eigenvalue weighted by Gasteiger charge is 2.57. The van der Waals surface area contributed by atoms with Crippen LogP contribution in [-0.4, -0.2) is 37.7 Å². The van der Waals surface area contributed by atoms with Crippen LogP contribution in [0.5, 0.6) is 0 Å². The standard InChI is InChI=1S/C54H97NO4/c1-7-9-11-13-15-22-28-46(29-23-16-14-12-10-8-2)58-51(56)30-24-18-17-20-26-44(38-41-55-6)27-21-19-25-31-52(57)59-47-36-39-54(5)45(42-47)33-34-48-49-35-32-43(3)53(49,4)40-37-50(48)54/h33,43-44,46-50,55H,7-32,34-42H2,1-6H3. The van der Waals surface area contributed by atoms with E-state index in [1.165, 1.54) is 154 Å². The summed E-state index contributed by atoms with van der Waals surface area (Å²) >= 11 is 0. The molecule has 0 heterocycles. The topological polar surface area (TPSA) is 64.6 Å². The van der Waals surface area contributed by atoms with Gasteiger partial charge in [0.2, 0.25) is 0 Å². The van der Waals surface area contributed by atoms with Crippen molar-refractivity contribution in [1.29, 1.82) is 0 Å². The van der Waals surface area contributed by atoms with E-state index in [-0.39, 0.29) is 24.1 Å². The lowest BCUT2D eigenvalue weighted by Gasteiger charge is -2.58. The monoisotopic (exact) mass is 824 g/mol. The molecular formula is C54H97NO4. The molecule has 0 bridgehead atoms. The first-order chi connectivity index (χ1) is 28.6. The van der Waals surface area contributed by atoms with E-state index in [9.17, 15) is 9.59 Å². The number of hydrogen-bond acceptors (Lipinski definition) is 5. The fourth-order valence-electron chi connectivity index (χ4n) is 12.8. The van der Waals surface area contributed by atoms with Crippen molar-refractivity contribution in [2.45, 2.75) is 265 Å². The van der Waals surface area contributed by atoms with Crippen LogP contribution in [0.25, 0.3) is 0 Å². The molecule has 1 N–H and O–H groups in total. The summed E-state index contributed by atoms with van der Waals surface area (Å²) in [5, 5.41) is 3.37. The van der Waals surface area contributed by atoms with Gasteiger partial charge in [0.15, 0.2) is 0 Å². The summed E-state index contributed by atoms with van der Waals surface area (Å²) < 4.78 is 12.3. The van der Waals surface area contributed by atoms with Gasteiger partial charge in [-0.1, -0.05) is 155 Å². The van der Waals surface area contributed by atoms with Crippen molar-refractivity contribution in [3.63, 3.8) is 0 Å². The van der Waals surface area contributed by atoms with Crippen molar-refractivity contribution in [2.75, 3.05) is 13.6 Å². The second-order valence-electron chi connectivity index (χ2n) is 21.2. The zero-order chi connectivity index (χ0) is 42.4. The predicted octanol–water partition coefficient (Wildman–Crippen LogP) is 15.4. The molecular weight excluding hydrogens is 727 g/mol. The first-order valence-electron chi connectivity index (χ1n) is 26.4. The molecule has 4 aliphatic carbocycles. The first kappa shape index (κ1) is 50.3. The van der Waals surface area contributed by atoms with Crippen LogP contribution in [0.3, 0.4) is 0 Å². The largest absolute Gasteiger partial charge is 0.462 e. The Morgan fingerprint density at radius 2 is 1.25 bits per heavy atom. The minimum Gasteiger partial charge on any atom is -0.462 e. The van der Waals surface area contributed by atoms with Gasteiger partial charge in [0.05, 0.1) is 0 Å². The molecule has 342 valence electrons. The van der Waals surface area contributed by atoms with Crippen molar-refractivity contribution in [1.82, 2.24) is 5.32 Å². The Hall–Kier alpha value is -1.36. The SMILES string of the molecule is CCCCCCCCC(CCCCCCCC)OC(=O)CCCCCCC(CCCCCC(=O)OC1CCC2(C)C(=CCC3C2CCC2(C)C(C)CCC32)C1)CCNC. The Kier molecular flexibility index (Phi) is 23.6. The highest BCUT2D eigenvalue weighted by Crippen LogP contribution is 2.66. The van der Waals surface area contributed by atoms with E-state index in [4.69, 9.17) is 9.47 Å². The highest BCUT2D eigenvalue weighted by atomic mass is 16.5. The van der Waals surface area contributed by atoms with Gasteiger partial charge in [-0.05, 0) is 144 Å². The van der Waals surface area contributed by atoms with Crippen LogP contribution in [0.1, 0.15) is 253 Å². The fourth-order valence-corrected chi connectivity index (χ4v) is 12.8. The number of unbranched alkanes of at least 4 members (excludes halogenated alkanes) is 15. The number of allylic oxidation sites excluding steroid dienone is 1. The molecule has 59 heavy (non-hydrogen) atoms. The molecule has 3 saturated carbocycles. The predicted molar refractivity (Wildman–Crippen MR) is 249 cm³/mol. The molecule has 0 aromatic carbocycles. The lowest BCUT2D eigenvalue weighted by atomic mass is 9.47. The molecule has 8 atom stereocenters. The van der Waals surface area contributed by atoms with Crippen molar-refractivity contribution < 1.29 is 19.1 Å². The van der Waals surface area contributed by atoms with Gasteiger partial charge in [0.1, 0.15) is 12.2 Å². The molecule has 0 aromatic rings. The minimum atomic E-state index is 0.0306. The number of carbonyl (C=O) groups excluding carboxylic acids is 2. The summed E-state index contributed by atoms with van der Waals surface area (Å²) in [5.74, 6) is 4.28. The number of carbonyl (C=O) groups is 2. The molecule has 3 fully saturated rings. The lowest BCUT2D eigenvalue weighted by Crippen LogP contribution is -2.50. The van der Waals surface area contributed by atoms with E-state index >= 15 is 0 Å². The zero-order valence-corrected chi connectivity index (χ0v) is 40.0. The van der Waals surface area contributed by atoms with Crippen LogP contribution in [0, 0.1) is 40.4 Å². The molecule has 4 aliphatic rings. The van der Waals surface area contributed by atoms with E-state index in [1.807, 2.05) is 0 Å². The van der Waals surface area contributed by atoms with Gasteiger partial charge in [-0.2, -0.15) is 0 Å². The molecule has 0 saturated heterocycles. The maximum atomic E-state index is 13.0. The molecule has 0 amide bonds. The maximum absolute atomic E-state index is 13.0. The second-order valence-corrected chi connectivity index (χ2v) is 21.2. The van der Waals surface area contributed by atoms with Gasteiger partial charge in [0, 0.05) is 19.3 Å². The molecule has 0 spiro atoms. The van der Waals surface area contributed by atoms with Crippen molar-refractivity contribution in [3.05, 3.63) is 11.6 Å². The normalized spacial score (nSPS) is 28.1. The maximum Gasteiger partial charge on any atom is 0.306 e. The summed E-state index contributed by atoms with van der Waals surface area (Å²) in [4.78, 5) is 25.9. The van der Waals surface area contributed by atoms with Crippen LogP contribution in [0.15, 0.2) is 11.6 Å². The number of ether oxygens (including phenoxy) is 2. The smallest absolute Gasteiger partial charge is 0.306 e. The van der Waals surface area contributed by atoms with Gasteiger partial charge in [-0.15, -0.1) is 0 Å². The number of rotatable bonds is 32. The van der Waals surface area contributed by atoms with Crippen molar-refractivity contribution >= 4 is 11.9 Å². The summed E-state index contributed by atoms with van der Waals surface area (Å²) in [6, 6.07) is 0. The molecule has 8 unspecified atom stereocenters. The van der Waals surface area contributed by atoms with Gasteiger partial charge in [0.25, 0.3) is 0 Å².